The number of likely N-dealkylation sites (N-methyl/N-ethyl adjacent to an activating group) is 1. The molecule has 1 atom stereocenters. The molecule has 94 valence electrons. The molecule has 0 saturated carbocycles. The molecular weight excluding hydrogens is 200 g/mol. The third-order valence-electron chi connectivity index (χ3n) is 3.80. The second-order valence-electron chi connectivity index (χ2n) is 5.40. The Bertz CT molecular complexity index is 228. The summed E-state index contributed by atoms with van der Waals surface area (Å²) in [6.45, 7) is 11.8. The molecule has 1 saturated heterocycles. The first-order chi connectivity index (χ1) is 7.51. The number of hydrogen-bond acceptors (Lipinski definition) is 3. The first-order valence-corrected chi connectivity index (χ1v) is 6.18. The Morgan fingerprint density at radius 3 is 2.75 bits per heavy atom. The van der Waals surface area contributed by atoms with Crippen LogP contribution in [0.15, 0.2) is 12.7 Å². The summed E-state index contributed by atoms with van der Waals surface area (Å²) in [5.41, 5.74) is 0.229. The molecule has 1 aliphatic heterocycles. The van der Waals surface area contributed by atoms with Crippen molar-refractivity contribution >= 4 is 0 Å². The van der Waals surface area contributed by atoms with Crippen molar-refractivity contribution < 1.29 is 5.11 Å². The van der Waals surface area contributed by atoms with E-state index < -0.39 is 0 Å². The predicted molar refractivity (Wildman–Crippen MR) is 68.6 cm³/mol. The zero-order chi connectivity index (χ0) is 12.2. The van der Waals surface area contributed by atoms with E-state index in [2.05, 4.69) is 37.3 Å². The highest BCUT2D eigenvalue weighted by Crippen LogP contribution is 2.24. The van der Waals surface area contributed by atoms with Gasteiger partial charge in [0.1, 0.15) is 0 Å². The van der Waals surface area contributed by atoms with Crippen LogP contribution in [0.4, 0.5) is 0 Å². The van der Waals surface area contributed by atoms with Gasteiger partial charge in [-0.15, -0.1) is 6.58 Å². The second kappa shape index (κ2) is 5.80. The van der Waals surface area contributed by atoms with Crippen molar-refractivity contribution in [1.82, 2.24) is 9.80 Å². The van der Waals surface area contributed by atoms with Crippen LogP contribution in [-0.2, 0) is 0 Å². The second-order valence-corrected chi connectivity index (χ2v) is 5.40. The van der Waals surface area contributed by atoms with E-state index in [0.29, 0.717) is 6.04 Å². The molecule has 0 aromatic heterocycles. The molecule has 0 bridgehead atoms. The van der Waals surface area contributed by atoms with E-state index in [1.54, 1.807) is 0 Å². The zero-order valence-electron chi connectivity index (χ0n) is 10.9. The number of aliphatic hydroxyl groups excluding tert-OH is 1. The molecule has 0 aromatic rings. The first kappa shape index (κ1) is 13.7. The molecule has 1 heterocycles. The minimum Gasteiger partial charge on any atom is -0.396 e. The molecule has 0 radical (unpaired) electrons. The van der Waals surface area contributed by atoms with Crippen molar-refractivity contribution in [3.63, 3.8) is 0 Å². The Hall–Kier alpha value is -0.380. The fourth-order valence-corrected chi connectivity index (χ4v) is 2.37. The van der Waals surface area contributed by atoms with E-state index in [1.807, 2.05) is 6.08 Å². The van der Waals surface area contributed by atoms with Gasteiger partial charge in [-0.05, 0) is 40.3 Å². The van der Waals surface area contributed by atoms with Crippen molar-refractivity contribution in [3.05, 3.63) is 12.7 Å². The van der Waals surface area contributed by atoms with Gasteiger partial charge in [-0.2, -0.15) is 0 Å². The number of nitrogens with zero attached hydrogens (tertiary/aromatic N) is 2. The van der Waals surface area contributed by atoms with Crippen LogP contribution in [0.2, 0.25) is 0 Å². The van der Waals surface area contributed by atoms with Crippen LogP contribution >= 0.6 is 0 Å². The highest BCUT2D eigenvalue weighted by atomic mass is 16.3. The quantitative estimate of drug-likeness (QED) is 0.733. The average molecular weight is 226 g/mol. The van der Waals surface area contributed by atoms with Gasteiger partial charge in [0, 0.05) is 31.3 Å². The topological polar surface area (TPSA) is 26.7 Å². The largest absolute Gasteiger partial charge is 0.396 e. The highest BCUT2D eigenvalue weighted by molar-refractivity contribution is 4.92. The summed E-state index contributed by atoms with van der Waals surface area (Å²) in [6.07, 6.45) is 4.00. The highest BCUT2D eigenvalue weighted by Gasteiger charge is 2.32. The van der Waals surface area contributed by atoms with Crippen molar-refractivity contribution in [3.8, 4) is 0 Å². The number of hydrogen-bond donors (Lipinski definition) is 1. The molecule has 1 unspecified atom stereocenters. The molecule has 3 heteroatoms. The molecule has 0 aromatic carbocycles. The number of rotatable bonds is 4. The molecule has 0 spiro atoms. The van der Waals surface area contributed by atoms with Crippen LogP contribution in [0.1, 0.15) is 26.7 Å². The van der Waals surface area contributed by atoms with Gasteiger partial charge < -0.3 is 10.0 Å². The van der Waals surface area contributed by atoms with Crippen LogP contribution < -0.4 is 0 Å². The zero-order valence-corrected chi connectivity index (χ0v) is 10.9. The summed E-state index contributed by atoms with van der Waals surface area (Å²) in [6, 6.07) is 0.465. The summed E-state index contributed by atoms with van der Waals surface area (Å²) in [4.78, 5) is 4.85. The van der Waals surface area contributed by atoms with Crippen LogP contribution in [-0.4, -0.2) is 59.8 Å². The summed E-state index contributed by atoms with van der Waals surface area (Å²) < 4.78 is 0. The third kappa shape index (κ3) is 3.30. The fourth-order valence-electron chi connectivity index (χ4n) is 2.37. The molecule has 1 aliphatic rings. The van der Waals surface area contributed by atoms with Crippen LogP contribution in [0, 0.1) is 0 Å². The van der Waals surface area contributed by atoms with Gasteiger partial charge in [0.05, 0.1) is 0 Å². The summed E-state index contributed by atoms with van der Waals surface area (Å²) >= 11 is 0. The van der Waals surface area contributed by atoms with Gasteiger partial charge in [0.15, 0.2) is 0 Å². The Balaban J connectivity index is 2.74. The van der Waals surface area contributed by atoms with Crippen LogP contribution in [0.25, 0.3) is 0 Å². The van der Waals surface area contributed by atoms with Gasteiger partial charge in [0.25, 0.3) is 0 Å². The molecule has 1 rings (SSSR count). The monoisotopic (exact) mass is 226 g/mol. The third-order valence-corrected chi connectivity index (χ3v) is 3.80. The maximum absolute atomic E-state index is 9.11. The fraction of sp³-hybridized carbons (Fsp3) is 0.846. The van der Waals surface area contributed by atoms with E-state index in [9.17, 15) is 0 Å². The minimum atomic E-state index is 0.229. The lowest BCUT2D eigenvalue weighted by molar-refractivity contribution is 0.120. The lowest BCUT2D eigenvalue weighted by Crippen LogP contribution is -2.46. The lowest BCUT2D eigenvalue weighted by Gasteiger charge is -2.37. The van der Waals surface area contributed by atoms with Crippen LogP contribution in [0.5, 0.6) is 0 Å². The normalized spacial score (nSPS) is 27.6. The minimum absolute atomic E-state index is 0.229. The maximum atomic E-state index is 9.11. The smallest absolute Gasteiger partial charge is 0.0446 e. The van der Waals surface area contributed by atoms with E-state index in [0.717, 1.165) is 26.1 Å². The molecule has 1 fully saturated rings. The maximum Gasteiger partial charge on any atom is 0.0446 e. The Morgan fingerprint density at radius 2 is 2.19 bits per heavy atom. The van der Waals surface area contributed by atoms with Gasteiger partial charge in [-0.25, -0.2) is 0 Å². The van der Waals surface area contributed by atoms with Crippen LogP contribution in [0.3, 0.4) is 0 Å². The standard InChI is InChI=1S/C13H26N2O/c1-5-8-15-11-12(6-10-16)14(4)9-7-13(15,2)3/h5,12,16H,1,6-11H2,2-4H3. The van der Waals surface area contributed by atoms with Crippen molar-refractivity contribution in [1.29, 1.82) is 0 Å². The average Bonchev–Trinajstić information content (AvgIpc) is 2.32. The van der Waals surface area contributed by atoms with Gasteiger partial charge in [0.2, 0.25) is 0 Å². The Morgan fingerprint density at radius 1 is 1.50 bits per heavy atom. The Kier molecular flexibility index (Phi) is 4.96. The first-order valence-electron chi connectivity index (χ1n) is 6.18. The van der Waals surface area contributed by atoms with Gasteiger partial charge in [-0.1, -0.05) is 6.08 Å². The lowest BCUT2D eigenvalue weighted by atomic mass is 9.98. The summed E-state index contributed by atoms with van der Waals surface area (Å²) in [7, 11) is 2.16. The molecule has 0 amide bonds. The SMILES string of the molecule is C=CCN1CC(CCO)N(C)CCC1(C)C. The Labute approximate surface area is 99.7 Å². The molecule has 16 heavy (non-hydrogen) atoms. The summed E-state index contributed by atoms with van der Waals surface area (Å²) in [5, 5.41) is 9.11. The molecule has 3 nitrogen and oxygen atoms in total. The molecule has 0 aliphatic carbocycles. The van der Waals surface area contributed by atoms with Crippen molar-refractivity contribution in [2.24, 2.45) is 0 Å². The molecular formula is C13H26N2O. The van der Waals surface area contributed by atoms with Gasteiger partial charge in [-0.3, -0.25) is 4.90 Å². The predicted octanol–water partition coefficient (Wildman–Crippen LogP) is 1.34. The number of aliphatic hydroxyl groups is 1. The van der Waals surface area contributed by atoms with Crippen molar-refractivity contribution in [2.45, 2.75) is 38.3 Å². The van der Waals surface area contributed by atoms with E-state index in [4.69, 9.17) is 5.11 Å². The summed E-state index contributed by atoms with van der Waals surface area (Å²) in [5.74, 6) is 0. The van der Waals surface area contributed by atoms with E-state index >= 15 is 0 Å². The van der Waals surface area contributed by atoms with Crippen molar-refractivity contribution in [2.75, 3.05) is 33.3 Å². The molecule has 1 N–H and O–H groups in total. The van der Waals surface area contributed by atoms with E-state index in [1.165, 1.54) is 6.42 Å². The van der Waals surface area contributed by atoms with E-state index in [-0.39, 0.29) is 12.1 Å². The van der Waals surface area contributed by atoms with Gasteiger partial charge >= 0.3 is 0 Å².